The van der Waals surface area contributed by atoms with Gasteiger partial charge in [-0.2, -0.15) is 15.4 Å². The fourth-order valence-electron chi connectivity index (χ4n) is 1.98. The van der Waals surface area contributed by atoms with E-state index in [0.717, 1.165) is 0 Å². The molecule has 2 rings (SSSR count). The van der Waals surface area contributed by atoms with Gasteiger partial charge in [0.1, 0.15) is 0 Å². The number of aromatic amines is 1. The lowest BCUT2D eigenvalue weighted by molar-refractivity contribution is -0.138. The molecule has 1 atom stereocenters. The van der Waals surface area contributed by atoms with Gasteiger partial charge < -0.3 is 10.0 Å². The molecule has 0 radical (unpaired) electrons. The molecule has 104 valence electrons. The summed E-state index contributed by atoms with van der Waals surface area (Å²) < 4.78 is 23.1. The normalized spacial score (nSPS) is 22.1. The largest absolute Gasteiger partial charge is 0.481 e. The van der Waals surface area contributed by atoms with Gasteiger partial charge in [-0.25, -0.2) is 8.42 Å². The van der Waals surface area contributed by atoms with E-state index in [9.17, 15) is 18.0 Å². The van der Waals surface area contributed by atoms with Gasteiger partial charge in [0.05, 0.1) is 30.2 Å². The molecule has 9 nitrogen and oxygen atoms in total. The van der Waals surface area contributed by atoms with Crippen LogP contribution in [0.2, 0.25) is 0 Å². The van der Waals surface area contributed by atoms with Gasteiger partial charge in [0.2, 0.25) is 0 Å². The van der Waals surface area contributed by atoms with Gasteiger partial charge >= 0.3 is 5.97 Å². The van der Waals surface area contributed by atoms with Crippen molar-refractivity contribution >= 4 is 21.7 Å². The predicted octanol–water partition coefficient (Wildman–Crippen LogP) is -1.48. The maximum Gasteiger partial charge on any atom is 0.305 e. The molecule has 1 saturated heterocycles. The standard InChI is InChI=1S/C9H12N4O5S/c14-8(15)3-6-5-19(17,18)2-1-13(6)9(16)7-4-10-12-11-7/h4,6H,1-3,5H2,(H,14,15)(H,10,11,12). The quantitative estimate of drug-likeness (QED) is 0.692. The first-order chi connectivity index (χ1) is 8.89. The van der Waals surface area contributed by atoms with E-state index in [0.29, 0.717) is 0 Å². The summed E-state index contributed by atoms with van der Waals surface area (Å²) in [6.45, 7) is -0.0357. The van der Waals surface area contributed by atoms with Crippen molar-refractivity contribution < 1.29 is 23.1 Å². The van der Waals surface area contributed by atoms with Crippen LogP contribution in [0.3, 0.4) is 0 Å². The maximum atomic E-state index is 12.1. The molecule has 1 aliphatic heterocycles. The minimum atomic E-state index is -3.31. The predicted molar refractivity (Wildman–Crippen MR) is 62.1 cm³/mol. The van der Waals surface area contributed by atoms with Crippen LogP contribution in [0.4, 0.5) is 0 Å². The highest BCUT2D eigenvalue weighted by molar-refractivity contribution is 7.91. The molecule has 1 aliphatic rings. The maximum absolute atomic E-state index is 12.1. The molecular weight excluding hydrogens is 276 g/mol. The van der Waals surface area contributed by atoms with Crippen molar-refractivity contribution in [2.24, 2.45) is 0 Å². The summed E-state index contributed by atoms with van der Waals surface area (Å²) in [7, 11) is -3.31. The van der Waals surface area contributed by atoms with E-state index in [4.69, 9.17) is 5.11 Å². The summed E-state index contributed by atoms with van der Waals surface area (Å²) in [5.74, 6) is -2.19. The van der Waals surface area contributed by atoms with Crippen LogP contribution in [0.15, 0.2) is 6.20 Å². The Bertz CT molecular complexity index is 582. The monoisotopic (exact) mass is 288 g/mol. The van der Waals surface area contributed by atoms with Gasteiger partial charge in [0.25, 0.3) is 5.91 Å². The average Bonchev–Trinajstić information content (AvgIpc) is 2.79. The van der Waals surface area contributed by atoms with Gasteiger partial charge in [-0.15, -0.1) is 0 Å². The average molecular weight is 288 g/mol. The molecule has 10 heteroatoms. The smallest absolute Gasteiger partial charge is 0.305 e. The summed E-state index contributed by atoms with van der Waals surface area (Å²) >= 11 is 0. The van der Waals surface area contributed by atoms with E-state index in [2.05, 4.69) is 15.4 Å². The number of carboxylic acids is 1. The number of carbonyl (C=O) groups excluding carboxylic acids is 1. The van der Waals surface area contributed by atoms with E-state index in [1.165, 1.54) is 11.1 Å². The Balaban J connectivity index is 2.22. The lowest BCUT2D eigenvalue weighted by Gasteiger charge is -2.34. The van der Waals surface area contributed by atoms with Gasteiger partial charge in [-0.1, -0.05) is 0 Å². The molecule has 1 fully saturated rings. The molecule has 1 amide bonds. The van der Waals surface area contributed by atoms with Gasteiger partial charge in [-0.3, -0.25) is 9.59 Å². The molecule has 1 unspecified atom stereocenters. The van der Waals surface area contributed by atoms with Crippen molar-refractivity contribution in [2.75, 3.05) is 18.1 Å². The van der Waals surface area contributed by atoms with Gasteiger partial charge in [0, 0.05) is 6.54 Å². The SMILES string of the molecule is O=C(O)CC1CS(=O)(=O)CCN1C(=O)c1cn[nH]n1. The van der Waals surface area contributed by atoms with E-state index < -0.39 is 34.2 Å². The second-order valence-corrected chi connectivity index (χ2v) is 6.45. The second-order valence-electron chi connectivity index (χ2n) is 4.22. The van der Waals surface area contributed by atoms with Crippen LogP contribution < -0.4 is 0 Å². The fraction of sp³-hybridized carbons (Fsp3) is 0.556. The zero-order valence-electron chi connectivity index (χ0n) is 9.81. The Kier molecular flexibility index (Phi) is 3.51. The van der Waals surface area contributed by atoms with Gasteiger partial charge in [-0.05, 0) is 0 Å². The number of aromatic nitrogens is 3. The first-order valence-electron chi connectivity index (χ1n) is 5.48. The molecule has 2 heterocycles. The lowest BCUT2D eigenvalue weighted by atomic mass is 10.2. The van der Waals surface area contributed by atoms with Crippen molar-refractivity contribution in [1.82, 2.24) is 20.3 Å². The molecule has 1 aromatic heterocycles. The fourth-order valence-corrected chi connectivity index (χ4v) is 3.50. The number of carboxylic acid groups (broad SMARTS) is 1. The highest BCUT2D eigenvalue weighted by atomic mass is 32.2. The topological polar surface area (TPSA) is 133 Å². The van der Waals surface area contributed by atoms with Crippen LogP contribution in [0.25, 0.3) is 0 Å². The van der Waals surface area contributed by atoms with Crippen molar-refractivity contribution in [1.29, 1.82) is 0 Å². The number of aliphatic carboxylic acids is 1. The highest BCUT2D eigenvalue weighted by Gasteiger charge is 2.36. The third-order valence-electron chi connectivity index (χ3n) is 2.84. The Morgan fingerprint density at radius 2 is 2.26 bits per heavy atom. The Hall–Kier alpha value is -1.97. The molecule has 0 bridgehead atoms. The molecule has 19 heavy (non-hydrogen) atoms. The Morgan fingerprint density at radius 3 is 2.84 bits per heavy atom. The van der Waals surface area contributed by atoms with Gasteiger partial charge in [0.15, 0.2) is 15.5 Å². The molecule has 0 aromatic carbocycles. The Morgan fingerprint density at radius 1 is 1.53 bits per heavy atom. The van der Waals surface area contributed by atoms with Crippen LogP contribution in [-0.4, -0.2) is 69.8 Å². The minimum Gasteiger partial charge on any atom is -0.481 e. The number of H-pyrrole nitrogens is 1. The van der Waals surface area contributed by atoms with Crippen LogP contribution in [0.1, 0.15) is 16.9 Å². The lowest BCUT2D eigenvalue weighted by Crippen LogP contribution is -2.52. The molecule has 2 N–H and O–H groups in total. The summed E-state index contributed by atoms with van der Waals surface area (Å²) in [6, 6.07) is -0.875. The zero-order chi connectivity index (χ0) is 14.0. The van der Waals surface area contributed by atoms with E-state index >= 15 is 0 Å². The van der Waals surface area contributed by atoms with E-state index in [-0.39, 0.29) is 23.7 Å². The summed E-state index contributed by atoms with van der Waals surface area (Å²) in [5.41, 5.74) is 0.0367. The number of amides is 1. The summed E-state index contributed by atoms with van der Waals surface area (Å²) in [5, 5.41) is 18.2. The number of carbonyl (C=O) groups is 2. The van der Waals surface area contributed by atoms with Crippen molar-refractivity contribution in [2.45, 2.75) is 12.5 Å². The van der Waals surface area contributed by atoms with Crippen molar-refractivity contribution in [3.8, 4) is 0 Å². The minimum absolute atomic E-state index is 0.0357. The molecule has 0 spiro atoms. The molecule has 0 aliphatic carbocycles. The summed E-state index contributed by atoms with van der Waals surface area (Å²) in [6.07, 6.45) is 0.798. The number of nitrogens with zero attached hydrogens (tertiary/aromatic N) is 3. The van der Waals surface area contributed by atoms with Crippen LogP contribution in [0, 0.1) is 0 Å². The zero-order valence-corrected chi connectivity index (χ0v) is 10.6. The van der Waals surface area contributed by atoms with Crippen molar-refractivity contribution in [3.63, 3.8) is 0 Å². The first-order valence-corrected chi connectivity index (χ1v) is 7.30. The first kappa shape index (κ1) is 13.5. The number of sulfone groups is 1. The third-order valence-corrected chi connectivity index (χ3v) is 4.53. The van der Waals surface area contributed by atoms with E-state index in [1.54, 1.807) is 0 Å². The van der Waals surface area contributed by atoms with E-state index in [1.807, 2.05) is 0 Å². The third kappa shape index (κ3) is 3.08. The van der Waals surface area contributed by atoms with Crippen LogP contribution >= 0.6 is 0 Å². The van der Waals surface area contributed by atoms with Crippen molar-refractivity contribution in [3.05, 3.63) is 11.9 Å². The molecular formula is C9H12N4O5S. The number of hydrogen-bond acceptors (Lipinski definition) is 6. The second kappa shape index (κ2) is 4.96. The van der Waals surface area contributed by atoms with Crippen LogP contribution in [0.5, 0.6) is 0 Å². The Labute approximate surface area is 108 Å². The number of rotatable bonds is 3. The van der Waals surface area contributed by atoms with Crippen LogP contribution in [-0.2, 0) is 14.6 Å². The highest BCUT2D eigenvalue weighted by Crippen LogP contribution is 2.17. The summed E-state index contributed by atoms with van der Waals surface area (Å²) in [4.78, 5) is 24.1. The molecule has 0 saturated carbocycles. The number of nitrogens with one attached hydrogen (secondary N) is 1. The number of hydrogen-bond donors (Lipinski definition) is 2. The molecule has 1 aromatic rings.